The van der Waals surface area contributed by atoms with Crippen LogP contribution >= 0.6 is 0 Å². The second-order valence-electron chi connectivity index (χ2n) is 8.19. The summed E-state index contributed by atoms with van der Waals surface area (Å²) in [5, 5.41) is 0.194. The predicted molar refractivity (Wildman–Crippen MR) is 128 cm³/mol. The van der Waals surface area contributed by atoms with Gasteiger partial charge in [0.1, 0.15) is 10.7 Å². The molecule has 6 nitrogen and oxygen atoms in total. The second kappa shape index (κ2) is 9.89. The fourth-order valence-corrected chi connectivity index (χ4v) is 5.86. The molecule has 194 valence electrons. The van der Waals surface area contributed by atoms with Crippen LogP contribution in [-0.4, -0.2) is 31.8 Å². The van der Waals surface area contributed by atoms with Gasteiger partial charge in [-0.3, -0.25) is 4.79 Å². The van der Waals surface area contributed by atoms with Crippen LogP contribution in [0.2, 0.25) is 0 Å². The standard InChI is InChI=1S/C26H21F4NO5S/c1-16-8-11-20(17-6-4-3-5-7-17)25(24(16)36-26(28,29)30)37(33,34)31-15-18(9-13-23(32)35-2)21-14-19(27)10-12-22(21)31/h3-8,10-12,14-15H,9,13H2,1-2H3. The lowest BCUT2D eigenvalue weighted by molar-refractivity contribution is -0.275. The van der Waals surface area contributed by atoms with E-state index in [1.807, 2.05) is 0 Å². The van der Waals surface area contributed by atoms with Crippen molar-refractivity contribution in [1.29, 1.82) is 0 Å². The minimum absolute atomic E-state index is 0.00878. The maximum atomic E-state index is 14.1. The number of ether oxygens (including phenoxy) is 2. The van der Waals surface area contributed by atoms with Gasteiger partial charge in [-0.15, -0.1) is 13.2 Å². The number of hydrogen-bond donors (Lipinski definition) is 0. The van der Waals surface area contributed by atoms with Gasteiger partial charge in [-0.1, -0.05) is 42.5 Å². The molecular weight excluding hydrogens is 514 g/mol. The summed E-state index contributed by atoms with van der Waals surface area (Å²) in [6.45, 7) is 1.31. The number of fused-ring (bicyclic) bond motifs is 1. The molecule has 0 aliphatic heterocycles. The number of alkyl halides is 3. The zero-order valence-corrected chi connectivity index (χ0v) is 20.5. The number of benzene rings is 3. The van der Waals surface area contributed by atoms with E-state index in [1.54, 1.807) is 30.3 Å². The quantitative estimate of drug-likeness (QED) is 0.215. The van der Waals surface area contributed by atoms with Crippen molar-refractivity contribution < 1.29 is 40.2 Å². The molecule has 0 N–H and O–H groups in total. The summed E-state index contributed by atoms with van der Waals surface area (Å²) in [4.78, 5) is 11.0. The van der Waals surface area contributed by atoms with Crippen LogP contribution in [0.1, 0.15) is 17.5 Å². The number of halogens is 4. The maximum Gasteiger partial charge on any atom is 0.573 e. The summed E-state index contributed by atoms with van der Waals surface area (Å²) in [6, 6.07) is 14.2. The Morgan fingerprint density at radius 1 is 1.03 bits per heavy atom. The van der Waals surface area contributed by atoms with E-state index in [-0.39, 0.29) is 34.9 Å². The lowest BCUT2D eigenvalue weighted by Gasteiger charge is -2.20. The Bertz CT molecular complexity index is 1580. The number of aromatic nitrogens is 1. The zero-order valence-electron chi connectivity index (χ0n) is 19.7. The first kappa shape index (κ1) is 26.2. The lowest BCUT2D eigenvalue weighted by atomic mass is 10.0. The highest BCUT2D eigenvalue weighted by Crippen LogP contribution is 2.42. The lowest BCUT2D eigenvalue weighted by Crippen LogP contribution is -2.22. The van der Waals surface area contributed by atoms with Gasteiger partial charge in [0.15, 0.2) is 5.75 Å². The van der Waals surface area contributed by atoms with Crippen molar-refractivity contribution in [3.05, 3.63) is 83.8 Å². The van der Waals surface area contributed by atoms with E-state index in [4.69, 9.17) is 0 Å². The van der Waals surface area contributed by atoms with Gasteiger partial charge in [-0.2, -0.15) is 0 Å². The molecule has 37 heavy (non-hydrogen) atoms. The van der Waals surface area contributed by atoms with E-state index in [0.717, 1.165) is 16.1 Å². The van der Waals surface area contributed by atoms with Crippen LogP contribution in [0.3, 0.4) is 0 Å². The Hall–Kier alpha value is -3.86. The van der Waals surface area contributed by atoms with E-state index < -0.39 is 38.8 Å². The molecule has 0 bridgehead atoms. The summed E-state index contributed by atoms with van der Waals surface area (Å²) in [7, 11) is -3.56. The summed E-state index contributed by atoms with van der Waals surface area (Å²) in [6.07, 6.45) is -4.09. The van der Waals surface area contributed by atoms with Gasteiger partial charge < -0.3 is 9.47 Å². The van der Waals surface area contributed by atoms with Gasteiger partial charge in [0.25, 0.3) is 10.0 Å². The Kier molecular flexibility index (Phi) is 7.00. The van der Waals surface area contributed by atoms with Crippen LogP contribution in [0.15, 0.2) is 71.8 Å². The molecule has 0 atom stereocenters. The summed E-state index contributed by atoms with van der Waals surface area (Å²) in [5.74, 6) is -2.08. The van der Waals surface area contributed by atoms with E-state index in [0.29, 0.717) is 11.1 Å². The van der Waals surface area contributed by atoms with Gasteiger partial charge in [0, 0.05) is 23.6 Å². The van der Waals surface area contributed by atoms with Gasteiger partial charge in [0.2, 0.25) is 0 Å². The molecule has 0 unspecified atom stereocenters. The van der Waals surface area contributed by atoms with E-state index in [9.17, 15) is 30.8 Å². The van der Waals surface area contributed by atoms with Crippen molar-refractivity contribution in [3.8, 4) is 16.9 Å². The van der Waals surface area contributed by atoms with Crippen LogP contribution in [0.5, 0.6) is 5.75 Å². The van der Waals surface area contributed by atoms with Crippen molar-refractivity contribution >= 4 is 26.9 Å². The normalized spacial score (nSPS) is 12.1. The van der Waals surface area contributed by atoms with Gasteiger partial charge in [0.05, 0.1) is 12.6 Å². The highest BCUT2D eigenvalue weighted by atomic mass is 32.2. The summed E-state index contributed by atoms with van der Waals surface area (Å²) < 4.78 is 92.3. The first-order valence-electron chi connectivity index (χ1n) is 11.0. The fraction of sp³-hybridized carbons (Fsp3) is 0.192. The van der Waals surface area contributed by atoms with Gasteiger partial charge in [-0.05, 0) is 48.2 Å². The molecule has 0 spiro atoms. The monoisotopic (exact) mass is 535 g/mol. The molecule has 0 amide bonds. The average molecular weight is 536 g/mol. The summed E-state index contributed by atoms with van der Waals surface area (Å²) >= 11 is 0. The maximum absolute atomic E-state index is 14.1. The van der Waals surface area contributed by atoms with Gasteiger partial charge >= 0.3 is 12.3 Å². The fourth-order valence-electron chi connectivity index (χ4n) is 4.08. The van der Waals surface area contributed by atoms with E-state index in [1.165, 1.54) is 38.4 Å². The van der Waals surface area contributed by atoms with Crippen molar-refractivity contribution in [2.75, 3.05) is 7.11 Å². The Morgan fingerprint density at radius 3 is 2.38 bits per heavy atom. The van der Waals surface area contributed by atoms with Crippen LogP contribution in [0, 0.1) is 12.7 Å². The van der Waals surface area contributed by atoms with Crippen molar-refractivity contribution in [1.82, 2.24) is 3.97 Å². The van der Waals surface area contributed by atoms with Crippen LogP contribution in [-0.2, 0) is 26.0 Å². The highest BCUT2D eigenvalue weighted by Gasteiger charge is 2.37. The van der Waals surface area contributed by atoms with Crippen molar-refractivity contribution in [2.45, 2.75) is 31.0 Å². The van der Waals surface area contributed by atoms with Crippen LogP contribution in [0.4, 0.5) is 17.6 Å². The Labute approximate surface area is 210 Å². The van der Waals surface area contributed by atoms with E-state index in [2.05, 4.69) is 9.47 Å². The molecule has 0 aliphatic rings. The highest BCUT2D eigenvalue weighted by molar-refractivity contribution is 7.90. The molecule has 1 heterocycles. The molecule has 0 fully saturated rings. The number of aryl methyl sites for hydroxylation is 2. The Morgan fingerprint density at radius 2 is 1.73 bits per heavy atom. The number of carbonyl (C=O) groups excluding carboxylic acids is 1. The molecule has 1 aromatic heterocycles. The third kappa shape index (κ3) is 5.31. The number of carbonyl (C=O) groups is 1. The zero-order chi connectivity index (χ0) is 27.0. The molecular formula is C26H21F4NO5S. The number of nitrogens with zero attached hydrogens (tertiary/aromatic N) is 1. The van der Waals surface area contributed by atoms with Crippen molar-refractivity contribution in [3.63, 3.8) is 0 Å². The van der Waals surface area contributed by atoms with Gasteiger partial charge in [-0.25, -0.2) is 16.8 Å². The number of hydrogen-bond acceptors (Lipinski definition) is 5. The SMILES string of the molecule is COC(=O)CCc1cn(S(=O)(=O)c2c(-c3ccccc3)ccc(C)c2OC(F)(F)F)c2ccc(F)cc12. The summed E-state index contributed by atoms with van der Waals surface area (Å²) in [5.41, 5.74) is 0.617. The average Bonchev–Trinajstić information content (AvgIpc) is 3.21. The third-order valence-electron chi connectivity index (χ3n) is 5.77. The number of rotatable bonds is 7. The van der Waals surface area contributed by atoms with E-state index >= 15 is 0 Å². The largest absolute Gasteiger partial charge is 0.573 e. The van der Waals surface area contributed by atoms with Crippen LogP contribution < -0.4 is 4.74 Å². The predicted octanol–water partition coefficient (Wildman–Crippen LogP) is 6.00. The topological polar surface area (TPSA) is 74.6 Å². The molecule has 0 radical (unpaired) electrons. The Balaban J connectivity index is 2.02. The molecule has 4 aromatic rings. The minimum Gasteiger partial charge on any atom is -0.469 e. The first-order valence-corrected chi connectivity index (χ1v) is 12.4. The molecule has 0 aliphatic carbocycles. The van der Waals surface area contributed by atoms with Crippen LogP contribution in [0.25, 0.3) is 22.0 Å². The molecule has 0 saturated heterocycles. The number of methoxy groups -OCH3 is 1. The second-order valence-corrected chi connectivity index (χ2v) is 9.95. The minimum atomic E-state index is -5.17. The smallest absolute Gasteiger partial charge is 0.469 e. The molecule has 3 aromatic carbocycles. The number of esters is 1. The molecule has 4 rings (SSSR count). The first-order chi connectivity index (χ1) is 17.4. The van der Waals surface area contributed by atoms with Crippen molar-refractivity contribution in [2.24, 2.45) is 0 Å². The molecule has 0 saturated carbocycles. The third-order valence-corrected chi connectivity index (χ3v) is 7.51. The molecule has 11 heteroatoms.